The molecule has 0 saturated carbocycles. The maximum Gasteiger partial charge on any atom is 0.158 e. The van der Waals surface area contributed by atoms with Gasteiger partial charge in [-0.1, -0.05) is 42.5 Å². The first-order valence-corrected chi connectivity index (χ1v) is 11.2. The molecular weight excluding hydrogens is 408 g/mol. The molecule has 1 N–H and O–H groups in total. The molecule has 2 aromatic heterocycles. The lowest BCUT2D eigenvalue weighted by molar-refractivity contribution is 0.178. The number of phenolic OH excluding ortho intramolecular Hbond substituents is 1. The number of phenols is 1. The molecule has 158 valence electrons. The number of aromatic nitrogens is 2. The van der Waals surface area contributed by atoms with Gasteiger partial charge in [0.2, 0.25) is 0 Å². The van der Waals surface area contributed by atoms with Gasteiger partial charge in [0, 0.05) is 44.2 Å². The van der Waals surface area contributed by atoms with E-state index in [0.717, 1.165) is 47.9 Å². The Morgan fingerprint density at radius 1 is 0.935 bits per heavy atom. The van der Waals surface area contributed by atoms with Gasteiger partial charge in [0.1, 0.15) is 23.0 Å². The number of fused-ring (bicyclic) bond motifs is 1. The van der Waals surface area contributed by atoms with Crippen LogP contribution in [0.2, 0.25) is 0 Å². The molecule has 1 aliphatic heterocycles. The van der Waals surface area contributed by atoms with Crippen LogP contribution in [-0.4, -0.2) is 48.4 Å². The number of hydrogen-bond donors (Lipinski definition) is 1. The lowest BCUT2D eigenvalue weighted by Gasteiger charge is -2.37. The quantitative estimate of drug-likeness (QED) is 0.500. The SMILES string of the molecule is COCc1nc(N2CCN(c3ccccc3O)CC2)c2c(-c3ccccc3)csc2n1. The normalized spacial score (nSPS) is 14.4. The molecule has 1 saturated heterocycles. The monoisotopic (exact) mass is 432 g/mol. The van der Waals surface area contributed by atoms with Crippen LogP contribution in [0, 0.1) is 0 Å². The van der Waals surface area contributed by atoms with Gasteiger partial charge >= 0.3 is 0 Å². The predicted octanol–water partition coefficient (Wildman–Crippen LogP) is 4.54. The molecule has 0 radical (unpaired) electrons. The third kappa shape index (κ3) is 3.82. The first-order chi connectivity index (χ1) is 15.2. The van der Waals surface area contributed by atoms with E-state index >= 15 is 0 Å². The highest BCUT2D eigenvalue weighted by Crippen LogP contribution is 2.39. The zero-order valence-electron chi connectivity index (χ0n) is 17.4. The van der Waals surface area contributed by atoms with E-state index in [1.807, 2.05) is 24.3 Å². The van der Waals surface area contributed by atoms with Crippen LogP contribution in [-0.2, 0) is 11.3 Å². The van der Waals surface area contributed by atoms with Crippen molar-refractivity contribution in [1.29, 1.82) is 0 Å². The summed E-state index contributed by atoms with van der Waals surface area (Å²) in [6, 6.07) is 17.9. The van der Waals surface area contributed by atoms with Crippen LogP contribution in [0.4, 0.5) is 11.5 Å². The van der Waals surface area contributed by atoms with Crippen LogP contribution in [0.3, 0.4) is 0 Å². The molecule has 0 aliphatic carbocycles. The summed E-state index contributed by atoms with van der Waals surface area (Å²) in [6.45, 7) is 3.65. The maximum absolute atomic E-state index is 10.2. The zero-order valence-corrected chi connectivity index (χ0v) is 18.2. The highest BCUT2D eigenvalue weighted by molar-refractivity contribution is 7.17. The lowest BCUT2D eigenvalue weighted by Crippen LogP contribution is -2.47. The van der Waals surface area contributed by atoms with E-state index in [-0.39, 0.29) is 0 Å². The molecule has 5 rings (SSSR count). The van der Waals surface area contributed by atoms with Crippen molar-refractivity contribution in [1.82, 2.24) is 9.97 Å². The van der Waals surface area contributed by atoms with E-state index in [1.54, 1.807) is 24.5 Å². The Morgan fingerprint density at radius 2 is 1.65 bits per heavy atom. The molecule has 1 aliphatic rings. The predicted molar refractivity (Wildman–Crippen MR) is 126 cm³/mol. The van der Waals surface area contributed by atoms with Crippen molar-refractivity contribution in [3.05, 3.63) is 65.8 Å². The first-order valence-electron chi connectivity index (χ1n) is 10.3. The number of nitrogens with zero attached hydrogens (tertiary/aromatic N) is 4. The fourth-order valence-corrected chi connectivity index (χ4v) is 5.07. The van der Waals surface area contributed by atoms with E-state index in [2.05, 4.69) is 39.4 Å². The lowest BCUT2D eigenvalue weighted by atomic mass is 10.1. The van der Waals surface area contributed by atoms with Crippen molar-refractivity contribution in [2.24, 2.45) is 0 Å². The second-order valence-electron chi connectivity index (χ2n) is 7.55. The van der Waals surface area contributed by atoms with Crippen LogP contribution in [0.5, 0.6) is 5.75 Å². The number of aromatic hydroxyl groups is 1. The van der Waals surface area contributed by atoms with Crippen LogP contribution in [0.15, 0.2) is 60.0 Å². The van der Waals surface area contributed by atoms with Crippen LogP contribution in [0.25, 0.3) is 21.3 Å². The molecule has 3 heterocycles. The molecule has 31 heavy (non-hydrogen) atoms. The summed E-state index contributed by atoms with van der Waals surface area (Å²) < 4.78 is 5.32. The summed E-state index contributed by atoms with van der Waals surface area (Å²) in [7, 11) is 1.67. The minimum atomic E-state index is 0.326. The Bertz CT molecular complexity index is 1190. The van der Waals surface area contributed by atoms with Gasteiger partial charge in [-0.3, -0.25) is 0 Å². The summed E-state index contributed by atoms with van der Waals surface area (Å²) >= 11 is 1.65. The number of anilines is 2. The van der Waals surface area contributed by atoms with Crippen molar-refractivity contribution >= 4 is 33.1 Å². The summed E-state index contributed by atoms with van der Waals surface area (Å²) in [4.78, 5) is 15.2. The largest absolute Gasteiger partial charge is 0.506 e. The molecule has 7 heteroatoms. The highest BCUT2D eigenvalue weighted by Gasteiger charge is 2.24. The van der Waals surface area contributed by atoms with Gasteiger partial charge in [0.25, 0.3) is 0 Å². The summed E-state index contributed by atoms with van der Waals surface area (Å²) in [5.41, 5.74) is 3.23. The van der Waals surface area contributed by atoms with E-state index in [0.29, 0.717) is 18.2 Å². The van der Waals surface area contributed by atoms with Crippen molar-refractivity contribution in [3.8, 4) is 16.9 Å². The highest BCUT2D eigenvalue weighted by atomic mass is 32.1. The average Bonchev–Trinajstić information content (AvgIpc) is 3.24. The smallest absolute Gasteiger partial charge is 0.158 e. The maximum atomic E-state index is 10.2. The van der Waals surface area contributed by atoms with Crippen molar-refractivity contribution in [3.63, 3.8) is 0 Å². The number of benzene rings is 2. The first kappa shape index (κ1) is 19.8. The Morgan fingerprint density at radius 3 is 2.39 bits per heavy atom. The molecule has 0 atom stereocenters. The minimum Gasteiger partial charge on any atom is -0.506 e. The second-order valence-corrected chi connectivity index (χ2v) is 8.41. The van der Waals surface area contributed by atoms with Crippen LogP contribution < -0.4 is 9.80 Å². The van der Waals surface area contributed by atoms with E-state index < -0.39 is 0 Å². The summed E-state index contributed by atoms with van der Waals surface area (Å²) in [5.74, 6) is 2.00. The van der Waals surface area contributed by atoms with Gasteiger partial charge in [-0.15, -0.1) is 11.3 Å². The number of piperazine rings is 1. The molecule has 0 bridgehead atoms. The van der Waals surface area contributed by atoms with E-state index in [9.17, 15) is 5.11 Å². The fraction of sp³-hybridized carbons (Fsp3) is 0.250. The molecule has 4 aromatic rings. The fourth-order valence-electron chi connectivity index (χ4n) is 4.11. The zero-order chi connectivity index (χ0) is 21.2. The van der Waals surface area contributed by atoms with E-state index in [1.165, 1.54) is 11.1 Å². The average molecular weight is 433 g/mol. The number of hydrogen-bond acceptors (Lipinski definition) is 7. The van der Waals surface area contributed by atoms with E-state index in [4.69, 9.17) is 14.7 Å². The van der Waals surface area contributed by atoms with Gasteiger partial charge in [-0.05, 0) is 17.7 Å². The Balaban J connectivity index is 1.51. The second kappa shape index (κ2) is 8.53. The molecule has 6 nitrogen and oxygen atoms in total. The van der Waals surface area contributed by atoms with Crippen molar-refractivity contribution < 1.29 is 9.84 Å². The van der Waals surface area contributed by atoms with Crippen molar-refractivity contribution in [2.75, 3.05) is 43.1 Å². The summed E-state index contributed by atoms with van der Waals surface area (Å²) in [5, 5.41) is 13.5. The van der Waals surface area contributed by atoms with Gasteiger partial charge < -0.3 is 19.6 Å². The molecule has 0 unspecified atom stereocenters. The molecule has 0 spiro atoms. The van der Waals surface area contributed by atoms with Gasteiger partial charge in [-0.25, -0.2) is 9.97 Å². The Labute approximate surface area is 185 Å². The number of methoxy groups -OCH3 is 1. The molecule has 1 fully saturated rings. The number of rotatable bonds is 5. The standard InChI is InChI=1S/C24H24N4O2S/c1-30-15-21-25-23(22-18(16-31-24(22)26-21)17-7-3-2-4-8-17)28-13-11-27(12-14-28)19-9-5-6-10-20(19)29/h2-10,16,29H,11-15H2,1H3. The Kier molecular flexibility index (Phi) is 5.44. The van der Waals surface area contributed by atoms with Crippen molar-refractivity contribution in [2.45, 2.75) is 6.61 Å². The third-order valence-corrected chi connectivity index (χ3v) is 6.49. The third-order valence-electron chi connectivity index (χ3n) is 5.62. The number of ether oxygens (including phenoxy) is 1. The summed E-state index contributed by atoms with van der Waals surface area (Å²) in [6.07, 6.45) is 0. The Hall–Kier alpha value is -3.16. The topological polar surface area (TPSA) is 61.7 Å². The van der Waals surface area contributed by atoms with Gasteiger partial charge in [0.15, 0.2) is 5.82 Å². The minimum absolute atomic E-state index is 0.326. The van der Waals surface area contributed by atoms with Gasteiger partial charge in [-0.2, -0.15) is 0 Å². The van der Waals surface area contributed by atoms with Gasteiger partial charge in [0.05, 0.1) is 11.1 Å². The molecule has 0 amide bonds. The van der Waals surface area contributed by atoms with Crippen LogP contribution >= 0.6 is 11.3 Å². The molecular formula is C24H24N4O2S. The van der Waals surface area contributed by atoms with Crippen LogP contribution in [0.1, 0.15) is 5.82 Å². The number of para-hydroxylation sites is 2. The number of thiophene rings is 1. The molecule has 2 aromatic carbocycles.